The fourth-order valence-corrected chi connectivity index (χ4v) is 1.23. The predicted molar refractivity (Wildman–Crippen MR) is 48.9 cm³/mol. The molecule has 2 heteroatoms. The number of rotatable bonds is 4. The average Bonchev–Trinajstić information content (AvgIpc) is 2.59. The van der Waals surface area contributed by atoms with Crippen LogP contribution in [-0.4, -0.2) is 19.3 Å². The predicted octanol–water partition coefficient (Wildman–Crippen LogP) is 2.27. The summed E-state index contributed by atoms with van der Waals surface area (Å²) in [7, 11) is 0. The van der Waals surface area contributed by atoms with Crippen molar-refractivity contribution >= 4 is 0 Å². The van der Waals surface area contributed by atoms with Gasteiger partial charge in [0.05, 0.1) is 6.10 Å². The Morgan fingerprint density at radius 2 is 2.58 bits per heavy atom. The van der Waals surface area contributed by atoms with Crippen molar-refractivity contribution in [2.45, 2.75) is 25.9 Å². The standard InChI is InChI=1S/C10H16O2/c1-3-9(4-2)12-8-10-6-5-7-11-10/h3-4,10H,1,5-8H2,2H3/b9-4+/t10-/m1/s1. The topological polar surface area (TPSA) is 18.5 Å². The van der Waals surface area contributed by atoms with Gasteiger partial charge >= 0.3 is 0 Å². The first-order chi connectivity index (χ1) is 5.86. The van der Waals surface area contributed by atoms with Gasteiger partial charge in [0.25, 0.3) is 0 Å². The molecule has 0 spiro atoms. The number of hydrogen-bond acceptors (Lipinski definition) is 2. The van der Waals surface area contributed by atoms with E-state index >= 15 is 0 Å². The molecule has 1 aliphatic rings. The summed E-state index contributed by atoms with van der Waals surface area (Å²) in [6.07, 6.45) is 6.19. The largest absolute Gasteiger partial charge is 0.491 e. The zero-order valence-corrected chi connectivity index (χ0v) is 7.58. The molecule has 2 nitrogen and oxygen atoms in total. The Bertz CT molecular complexity index is 167. The van der Waals surface area contributed by atoms with E-state index in [1.165, 1.54) is 0 Å². The summed E-state index contributed by atoms with van der Waals surface area (Å²) in [6.45, 7) is 7.12. The van der Waals surface area contributed by atoms with Gasteiger partial charge in [-0.25, -0.2) is 0 Å². The molecule has 1 saturated heterocycles. The van der Waals surface area contributed by atoms with Crippen molar-refractivity contribution in [1.29, 1.82) is 0 Å². The quantitative estimate of drug-likeness (QED) is 0.473. The first-order valence-corrected chi connectivity index (χ1v) is 4.40. The highest BCUT2D eigenvalue weighted by molar-refractivity contribution is 5.06. The normalized spacial score (nSPS) is 24.1. The van der Waals surface area contributed by atoms with Crippen LogP contribution in [0.25, 0.3) is 0 Å². The zero-order valence-electron chi connectivity index (χ0n) is 7.58. The molecule has 68 valence electrons. The second-order valence-corrected chi connectivity index (χ2v) is 2.84. The lowest BCUT2D eigenvalue weighted by Crippen LogP contribution is -2.13. The molecule has 1 fully saturated rings. The van der Waals surface area contributed by atoms with Crippen molar-refractivity contribution < 1.29 is 9.47 Å². The molecular weight excluding hydrogens is 152 g/mol. The van der Waals surface area contributed by atoms with Crippen LogP contribution in [0.15, 0.2) is 24.5 Å². The third-order valence-corrected chi connectivity index (χ3v) is 1.95. The van der Waals surface area contributed by atoms with Crippen LogP contribution in [0.3, 0.4) is 0 Å². The van der Waals surface area contributed by atoms with Gasteiger partial charge in [-0.05, 0) is 31.9 Å². The van der Waals surface area contributed by atoms with Gasteiger partial charge in [-0.15, -0.1) is 0 Å². The van der Waals surface area contributed by atoms with Gasteiger partial charge < -0.3 is 9.47 Å². The monoisotopic (exact) mass is 168 g/mol. The molecule has 1 atom stereocenters. The van der Waals surface area contributed by atoms with Gasteiger partial charge in [0.1, 0.15) is 12.4 Å². The summed E-state index contributed by atoms with van der Waals surface area (Å²) >= 11 is 0. The summed E-state index contributed by atoms with van der Waals surface area (Å²) in [5.74, 6) is 0.838. The maximum Gasteiger partial charge on any atom is 0.114 e. The Kier molecular flexibility index (Phi) is 3.88. The van der Waals surface area contributed by atoms with E-state index in [-0.39, 0.29) is 0 Å². The van der Waals surface area contributed by atoms with E-state index in [0.717, 1.165) is 25.2 Å². The lowest BCUT2D eigenvalue weighted by atomic mass is 10.2. The van der Waals surface area contributed by atoms with E-state index in [4.69, 9.17) is 9.47 Å². The van der Waals surface area contributed by atoms with Gasteiger partial charge in [-0.2, -0.15) is 0 Å². The number of hydrogen-bond donors (Lipinski definition) is 0. The van der Waals surface area contributed by atoms with E-state index in [1.54, 1.807) is 6.08 Å². The summed E-state index contributed by atoms with van der Waals surface area (Å²) < 4.78 is 10.8. The summed E-state index contributed by atoms with van der Waals surface area (Å²) in [5, 5.41) is 0. The average molecular weight is 168 g/mol. The molecule has 0 bridgehead atoms. The molecule has 0 saturated carbocycles. The number of allylic oxidation sites excluding steroid dienone is 2. The molecule has 0 aromatic heterocycles. The molecule has 0 N–H and O–H groups in total. The Labute approximate surface area is 73.9 Å². The molecule has 1 rings (SSSR count). The third kappa shape index (κ3) is 2.70. The maximum atomic E-state index is 5.44. The lowest BCUT2D eigenvalue weighted by molar-refractivity contribution is 0.0459. The third-order valence-electron chi connectivity index (χ3n) is 1.95. The molecule has 0 aliphatic carbocycles. The fraction of sp³-hybridized carbons (Fsp3) is 0.600. The van der Waals surface area contributed by atoms with Crippen LogP contribution in [0, 0.1) is 0 Å². The van der Waals surface area contributed by atoms with Crippen molar-refractivity contribution in [3.63, 3.8) is 0 Å². The van der Waals surface area contributed by atoms with Gasteiger partial charge in [0, 0.05) is 6.61 Å². The Morgan fingerprint density at radius 3 is 3.08 bits per heavy atom. The van der Waals surface area contributed by atoms with Crippen LogP contribution in [-0.2, 0) is 9.47 Å². The highest BCUT2D eigenvalue weighted by Crippen LogP contribution is 2.13. The van der Waals surface area contributed by atoms with Gasteiger partial charge in [0.15, 0.2) is 0 Å². The summed E-state index contributed by atoms with van der Waals surface area (Å²) in [5.41, 5.74) is 0. The van der Waals surface area contributed by atoms with E-state index in [1.807, 2.05) is 13.0 Å². The highest BCUT2D eigenvalue weighted by Gasteiger charge is 2.15. The molecule has 0 aromatic rings. The lowest BCUT2D eigenvalue weighted by Gasteiger charge is -2.11. The van der Waals surface area contributed by atoms with E-state index in [9.17, 15) is 0 Å². The SMILES string of the molecule is C=C/C(=C\C)OC[C@H]1CCCO1. The van der Waals surface area contributed by atoms with Gasteiger partial charge in [-0.1, -0.05) is 6.58 Å². The molecule has 1 heterocycles. The molecule has 0 unspecified atom stereocenters. The first-order valence-electron chi connectivity index (χ1n) is 4.40. The minimum atomic E-state index is 0.292. The molecule has 12 heavy (non-hydrogen) atoms. The second kappa shape index (κ2) is 4.99. The Morgan fingerprint density at radius 1 is 1.75 bits per heavy atom. The summed E-state index contributed by atoms with van der Waals surface area (Å²) in [4.78, 5) is 0. The van der Waals surface area contributed by atoms with Crippen LogP contribution in [0.4, 0.5) is 0 Å². The molecular formula is C10H16O2. The fourth-order valence-electron chi connectivity index (χ4n) is 1.23. The van der Waals surface area contributed by atoms with E-state index < -0.39 is 0 Å². The minimum Gasteiger partial charge on any atom is -0.491 e. The maximum absolute atomic E-state index is 5.44. The molecule has 0 aromatic carbocycles. The van der Waals surface area contributed by atoms with Crippen molar-refractivity contribution in [2.24, 2.45) is 0 Å². The second-order valence-electron chi connectivity index (χ2n) is 2.84. The smallest absolute Gasteiger partial charge is 0.114 e. The van der Waals surface area contributed by atoms with Crippen LogP contribution in [0.5, 0.6) is 0 Å². The van der Waals surface area contributed by atoms with Crippen molar-refractivity contribution in [1.82, 2.24) is 0 Å². The Hall–Kier alpha value is -0.760. The van der Waals surface area contributed by atoms with Crippen molar-refractivity contribution in [3.8, 4) is 0 Å². The van der Waals surface area contributed by atoms with E-state index in [2.05, 4.69) is 6.58 Å². The minimum absolute atomic E-state index is 0.292. The van der Waals surface area contributed by atoms with Crippen LogP contribution < -0.4 is 0 Å². The van der Waals surface area contributed by atoms with Gasteiger partial charge in [-0.3, -0.25) is 0 Å². The van der Waals surface area contributed by atoms with Gasteiger partial charge in [0.2, 0.25) is 0 Å². The zero-order chi connectivity index (χ0) is 8.81. The van der Waals surface area contributed by atoms with Crippen LogP contribution in [0.1, 0.15) is 19.8 Å². The van der Waals surface area contributed by atoms with Crippen molar-refractivity contribution in [3.05, 3.63) is 24.5 Å². The molecule has 1 aliphatic heterocycles. The summed E-state index contributed by atoms with van der Waals surface area (Å²) in [6, 6.07) is 0. The highest BCUT2D eigenvalue weighted by atomic mass is 16.5. The Balaban J connectivity index is 2.19. The molecule has 0 amide bonds. The van der Waals surface area contributed by atoms with E-state index in [0.29, 0.717) is 12.7 Å². The first kappa shape index (κ1) is 9.33. The molecule has 0 radical (unpaired) electrons. The number of ether oxygens (including phenoxy) is 2. The van der Waals surface area contributed by atoms with Crippen molar-refractivity contribution in [2.75, 3.05) is 13.2 Å². The van der Waals surface area contributed by atoms with Crippen LogP contribution >= 0.6 is 0 Å². The van der Waals surface area contributed by atoms with Crippen LogP contribution in [0.2, 0.25) is 0 Å².